The van der Waals surface area contributed by atoms with E-state index < -0.39 is 0 Å². The van der Waals surface area contributed by atoms with Gasteiger partial charge < -0.3 is 14.1 Å². The van der Waals surface area contributed by atoms with Crippen LogP contribution in [0.25, 0.3) is 10.6 Å². The van der Waals surface area contributed by atoms with Crippen molar-refractivity contribution in [2.45, 2.75) is 31.8 Å². The minimum Gasteiger partial charge on any atom is -0.456 e. The van der Waals surface area contributed by atoms with Crippen molar-refractivity contribution < 1.29 is 13.9 Å². The molecular weight excluding hydrogens is 402 g/mol. The molecule has 0 atom stereocenters. The first-order chi connectivity index (χ1) is 14.5. The summed E-state index contributed by atoms with van der Waals surface area (Å²) in [5.74, 6) is 0.296. The van der Waals surface area contributed by atoms with Crippen LogP contribution in [0.1, 0.15) is 39.6 Å². The van der Waals surface area contributed by atoms with Crippen molar-refractivity contribution in [3.63, 3.8) is 0 Å². The van der Waals surface area contributed by atoms with Crippen molar-refractivity contribution in [1.82, 2.24) is 14.9 Å². The molecule has 7 nitrogen and oxygen atoms in total. The molecular formula is C22H21N3O4S. The standard InChI is InChI=1S/C22H21N3O4S/c1-14-10-16(26)12-18(29-14)21(27)25-7-3-22(4-8-25)20-15(2-9-28-22)11-19(30-20)17-13-23-5-6-24-17/h5-6,10-13H,2-4,7-9H2,1H3. The van der Waals surface area contributed by atoms with E-state index in [9.17, 15) is 9.59 Å². The Morgan fingerprint density at radius 1 is 1.20 bits per heavy atom. The predicted molar refractivity (Wildman–Crippen MR) is 112 cm³/mol. The Bertz CT molecular complexity index is 1150. The number of piperidine rings is 1. The highest BCUT2D eigenvalue weighted by Crippen LogP contribution is 2.47. The number of nitrogens with zero attached hydrogens (tertiary/aromatic N) is 3. The number of likely N-dealkylation sites (tertiary alicyclic amines) is 1. The van der Waals surface area contributed by atoms with Crippen LogP contribution < -0.4 is 5.43 Å². The summed E-state index contributed by atoms with van der Waals surface area (Å²) in [4.78, 5) is 37.3. The number of ether oxygens (including phenoxy) is 1. The van der Waals surface area contributed by atoms with Gasteiger partial charge in [0.15, 0.2) is 11.2 Å². The molecule has 2 aliphatic heterocycles. The van der Waals surface area contributed by atoms with Crippen LogP contribution in [0.4, 0.5) is 0 Å². The summed E-state index contributed by atoms with van der Waals surface area (Å²) in [6.45, 7) is 3.44. The summed E-state index contributed by atoms with van der Waals surface area (Å²) in [5.41, 5.74) is 1.58. The summed E-state index contributed by atoms with van der Waals surface area (Å²) in [5, 5.41) is 0. The summed E-state index contributed by atoms with van der Waals surface area (Å²) in [6.07, 6.45) is 7.45. The number of aryl methyl sites for hydroxylation is 1. The lowest BCUT2D eigenvalue weighted by atomic mass is 9.85. The third-order valence-corrected chi connectivity index (χ3v) is 7.13. The zero-order chi connectivity index (χ0) is 20.7. The molecule has 0 saturated carbocycles. The summed E-state index contributed by atoms with van der Waals surface area (Å²) >= 11 is 1.71. The number of amides is 1. The van der Waals surface area contributed by atoms with Gasteiger partial charge in [0, 0.05) is 42.5 Å². The van der Waals surface area contributed by atoms with Crippen LogP contribution in [-0.4, -0.2) is 40.5 Å². The molecule has 3 aromatic heterocycles. The molecule has 30 heavy (non-hydrogen) atoms. The molecule has 0 radical (unpaired) electrons. The van der Waals surface area contributed by atoms with E-state index in [1.165, 1.54) is 22.6 Å². The highest BCUT2D eigenvalue weighted by atomic mass is 32.1. The molecule has 0 N–H and O–H groups in total. The van der Waals surface area contributed by atoms with Gasteiger partial charge in [-0.05, 0) is 37.8 Å². The van der Waals surface area contributed by atoms with E-state index in [0.29, 0.717) is 38.3 Å². The van der Waals surface area contributed by atoms with Crippen molar-refractivity contribution in [2.75, 3.05) is 19.7 Å². The van der Waals surface area contributed by atoms with Crippen LogP contribution in [0, 0.1) is 6.92 Å². The Morgan fingerprint density at radius 3 is 2.77 bits per heavy atom. The van der Waals surface area contributed by atoms with Gasteiger partial charge in [0.1, 0.15) is 11.4 Å². The third kappa shape index (κ3) is 3.36. The number of carbonyl (C=O) groups is 1. The van der Waals surface area contributed by atoms with Gasteiger partial charge in [-0.3, -0.25) is 19.6 Å². The van der Waals surface area contributed by atoms with E-state index in [1.54, 1.807) is 41.8 Å². The Balaban J connectivity index is 1.38. The van der Waals surface area contributed by atoms with Gasteiger partial charge >= 0.3 is 0 Å². The van der Waals surface area contributed by atoms with Crippen molar-refractivity contribution in [3.8, 4) is 10.6 Å². The average molecular weight is 423 g/mol. The largest absolute Gasteiger partial charge is 0.456 e. The fraction of sp³-hybridized carbons (Fsp3) is 0.364. The first kappa shape index (κ1) is 19.1. The van der Waals surface area contributed by atoms with E-state index in [2.05, 4.69) is 16.0 Å². The van der Waals surface area contributed by atoms with E-state index in [4.69, 9.17) is 9.15 Å². The topological polar surface area (TPSA) is 85.5 Å². The second-order valence-corrected chi connectivity index (χ2v) is 8.76. The first-order valence-electron chi connectivity index (χ1n) is 9.99. The van der Waals surface area contributed by atoms with Crippen LogP contribution in [0.3, 0.4) is 0 Å². The first-order valence-corrected chi connectivity index (χ1v) is 10.8. The summed E-state index contributed by atoms with van der Waals surface area (Å²) < 4.78 is 11.8. The molecule has 3 aromatic rings. The van der Waals surface area contributed by atoms with E-state index in [0.717, 1.165) is 17.0 Å². The van der Waals surface area contributed by atoms with Crippen LogP contribution in [0.2, 0.25) is 0 Å². The van der Waals surface area contributed by atoms with Crippen molar-refractivity contribution >= 4 is 17.2 Å². The molecule has 1 fully saturated rings. The minimum absolute atomic E-state index is 0.0993. The van der Waals surface area contributed by atoms with Gasteiger partial charge in [0.25, 0.3) is 5.91 Å². The maximum Gasteiger partial charge on any atom is 0.289 e. The normalized spacial score (nSPS) is 17.7. The van der Waals surface area contributed by atoms with Crippen LogP contribution in [0.5, 0.6) is 0 Å². The number of aromatic nitrogens is 2. The highest BCUT2D eigenvalue weighted by molar-refractivity contribution is 7.15. The molecule has 0 aliphatic carbocycles. The quantitative estimate of drug-likeness (QED) is 0.629. The molecule has 2 aliphatic rings. The number of hydrogen-bond donors (Lipinski definition) is 0. The fourth-order valence-electron chi connectivity index (χ4n) is 4.28. The van der Waals surface area contributed by atoms with Crippen LogP contribution >= 0.6 is 11.3 Å². The smallest absolute Gasteiger partial charge is 0.289 e. The van der Waals surface area contributed by atoms with Gasteiger partial charge in [0.2, 0.25) is 0 Å². The highest BCUT2D eigenvalue weighted by Gasteiger charge is 2.43. The van der Waals surface area contributed by atoms with Gasteiger partial charge in [-0.1, -0.05) is 0 Å². The molecule has 1 saturated heterocycles. The lowest BCUT2D eigenvalue weighted by Gasteiger charge is -2.43. The number of thiophene rings is 1. The molecule has 8 heteroatoms. The Morgan fingerprint density at radius 2 is 2.03 bits per heavy atom. The molecule has 1 spiro atoms. The lowest BCUT2D eigenvalue weighted by molar-refractivity contribution is -0.0908. The van der Waals surface area contributed by atoms with Gasteiger partial charge in [0.05, 0.1) is 23.4 Å². The van der Waals surface area contributed by atoms with Crippen molar-refractivity contribution in [2.24, 2.45) is 0 Å². The summed E-state index contributed by atoms with van der Waals surface area (Å²) in [7, 11) is 0. The summed E-state index contributed by atoms with van der Waals surface area (Å²) in [6, 6.07) is 4.85. The second-order valence-electron chi connectivity index (χ2n) is 7.71. The molecule has 1 amide bonds. The minimum atomic E-state index is -0.372. The Kier molecular flexibility index (Phi) is 4.75. The second kappa shape index (κ2) is 7.45. The van der Waals surface area contributed by atoms with Crippen LogP contribution in [-0.2, 0) is 16.8 Å². The third-order valence-electron chi connectivity index (χ3n) is 5.75. The van der Waals surface area contributed by atoms with Crippen LogP contribution in [0.15, 0.2) is 46.0 Å². The number of rotatable bonds is 2. The lowest BCUT2D eigenvalue weighted by Crippen LogP contribution is -2.48. The number of fused-ring (bicyclic) bond motifs is 2. The maximum atomic E-state index is 12.8. The average Bonchev–Trinajstić information content (AvgIpc) is 3.20. The molecule has 5 rings (SSSR count). The van der Waals surface area contributed by atoms with Crippen molar-refractivity contribution in [3.05, 3.63) is 69.0 Å². The van der Waals surface area contributed by atoms with E-state index in [-0.39, 0.29) is 22.7 Å². The monoisotopic (exact) mass is 423 g/mol. The van der Waals surface area contributed by atoms with Gasteiger partial charge in [-0.15, -0.1) is 11.3 Å². The molecule has 0 aromatic carbocycles. The Hall–Kier alpha value is -2.84. The van der Waals surface area contributed by atoms with E-state index in [1.807, 2.05) is 0 Å². The Labute approximate surface area is 177 Å². The number of hydrogen-bond acceptors (Lipinski definition) is 7. The zero-order valence-electron chi connectivity index (χ0n) is 16.6. The zero-order valence-corrected chi connectivity index (χ0v) is 17.4. The molecule has 154 valence electrons. The fourth-order valence-corrected chi connectivity index (χ4v) is 5.65. The SMILES string of the molecule is Cc1cc(=O)cc(C(=O)N2CCC3(CC2)OCCc2cc(-c4cnccn4)sc23)o1. The maximum absolute atomic E-state index is 12.8. The van der Waals surface area contributed by atoms with Gasteiger partial charge in [-0.25, -0.2) is 0 Å². The van der Waals surface area contributed by atoms with E-state index >= 15 is 0 Å². The molecule has 0 unspecified atom stereocenters. The predicted octanol–water partition coefficient (Wildman–Crippen LogP) is 3.17. The molecule has 0 bridgehead atoms. The number of carbonyl (C=O) groups excluding carboxylic acids is 1. The molecule has 5 heterocycles. The van der Waals surface area contributed by atoms with Gasteiger partial charge in [-0.2, -0.15) is 0 Å². The van der Waals surface area contributed by atoms with Crippen molar-refractivity contribution in [1.29, 1.82) is 0 Å².